The highest BCUT2D eigenvalue weighted by atomic mass is 16.9. The molecule has 3 rings (SSSR count). The number of H-pyrrole nitrogens is 1. The molecule has 2 aliphatic heterocycles. The minimum absolute atomic E-state index is 0.590. The van der Waals surface area contributed by atoms with Crippen molar-refractivity contribution in [2.24, 2.45) is 0 Å². The van der Waals surface area contributed by atoms with E-state index in [2.05, 4.69) is 0 Å². The van der Waals surface area contributed by atoms with E-state index in [9.17, 15) is 19.8 Å². The summed E-state index contributed by atoms with van der Waals surface area (Å²) in [5.74, 6) is -4.15. The second-order valence-electron chi connectivity index (χ2n) is 4.17. The Hall–Kier alpha value is -1.52. The highest BCUT2D eigenvalue weighted by Gasteiger charge is 2.84. The zero-order valence-corrected chi connectivity index (χ0v) is 8.94. The number of hydrogen-bond donors (Lipinski definition) is 4. The summed E-state index contributed by atoms with van der Waals surface area (Å²) < 4.78 is 10.8. The number of hydrogen-bond acceptors (Lipinski definition) is 7. The molecule has 0 aromatic carbocycles. The van der Waals surface area contributed by atoms with Crippen molar-refractivity contribution in [3.63, 3.8) is 0 Å². The average Bonchev–Trinajstić information content (AvgIpc) is 2.79. The fourth-order valence-corrected chi connectivity index (χ4v) is 2.11. The summed E-state index contributed by atoms with van der Waals surface area (Å²) in [5, 5.41) is 28.8. The van der Waals surface area contributed by atoms with E-state index in [1.165, 1.54) is 0 Å². The highest BCUT2D eigenvalue weighted by molar-refractivity contribution is 5.14. The predicted molar refractivity (Wildman–Crippen MR) is 53.3 cm³/mol. The van der Waals surface area contributed by atoms with Gasteiger partial charge in [0.15, 0.2) is 6.23 Å². The molecule has 0 bridgehead atoms. The third kappa shape index (κ3) is 1.22. The molecule has 4 N–H and O–H groups in total. The average molecular weight is 258 g/mol. The van der Waals surface area contributed by atoms with Crippen molar-refractivity contribution < 1.29 is 24.8 Å². The molecule has 2 aliphatic rings. The Morgan fingerprint density at radius 1 is 1.39 bits per heavy atom. The zero-order chi connectivity index (χ0) is 13.1. The third-order valence-electron chi connectivity index (χ3n) is 3.12. The normalized spacial score (nSPS) is 41.7. The first-order chi connectivity index (χ1) is 8.42. The lowest BCUT2D eigenvalue weighted by Gasteiger charge is -2.19. The van der Waals surface area contributed by atoms with Crippen molar-refractivity contribution >= 4 is 0 Å². The van der Waals surface area contributed by atoms with Crippen LogP contribution < -0.4 is 11.2 Å². The number of epoxide rings is 1. The van der Waals surface area contributed by atoms with Gasteiger partial charge in [-0.25, -0.2) is 4.79 Å². The van der Waals surface area contributed by atoms with Gasteiger partial charge in [0.2, 0.25) is 0 Å². The lowest BCUT2D eigenvalue weighted by atomic mass is 10.1. The van der Waals surface area contributed by atoms with E-state index in [0.717, 1.165) is 16.8 Å². The van der Waals surface area contributed by atoms with Gasteiger partial charge < -0.3 is 24.8 Å². The number of aliphatic hydroxyl groups is 3. The van der Waals surface area contributed by atoms with Gasteiger partial charge in [-0.15, -0.1) is 0 Å². The van der Waals surface area contributed by atoms with Crippen LogP contribution in [0, 0.1) is 0 Å². The molecule has 9 nitrogen and oxygen atoms in total. The Bertz CT molecular complexity index is 609. The van der Waals surface area contributed by atoms with Crippen LogP contribution >= 0.6 is 0 Å². The van der Waals surface area contributed by atoms with Crippen LogP contribution in [-0.4, -0.2) is 49.2 Å². The summed E-state index contributed by atoms with van der Waals surface area (Å²) in [4.78, 5) is 24.4. The van der Waals surface area contributed by atoms with Gasteiger partial charge in [-0.3, -0.25) is 14.3 Å². The molecule has 0 aliphatic carbocycles. The lowest BCUT2D eigenvalue weighted by molar-refractivity contribution is -0.182. The number of aromatic amines is 1. The van der Waals surface area contributed by atoms with Crippen molar-refractivity contribution in [3.05, 3.63) is 33.1 Å². The van der Waals surface area contributed by atoms with Gasteiger partial charge >= 0.3 is 5.69 Å². The molecule has 2 saturated heterocycles. The van der Waals surface area contributed by atoms with Gasteiger partial charge in [-0.05, 0) is 0 Å². The maximum absolute atomic E-state index is 11.5. The van der Waals surface area contributed by atoms with Crippen LogP contribution in [-0.2, 0) is 9.47 Å². The van der Waals surface area contributed by atoms with Crippen LogP contribution in [0.15, 0.2) is 21.9 Å². The second kappa shape index (κ2) is 3.28. The predicted octanol–water partition coefficient (Wildman–Crippen LogP) is -3.17. The molecule has 18 heavy (non-hydrogen) atoms. The van der Waals surface area contributed by atoms with Crippen LogP contribution in [0.3, 0.4) is 0 Å². The molecular formula is C9H10N2O7. The third-order valence-corrected chi connectivity index (χ3v) is 3.12. The standard InChI is InChI=1S/C9H10N2O7/c12-3-4-8(15)9(16,18-8)6(17-4)11-2-1-5(13)10-7(11)14/h1-2,4,6,12,15-16H,3H2,(H,10,13,14)/t4-,6-,8+,9-/m1/s1. The van der Waals surface area contributed by atoms with E-state index in [1.807, 2.05) is 4.98 Å². The molecule has 2 fully saturated rings. The number of nitrogens with one attached hydrogen (secondary N) is 1. The number of nitrogens with zero attached hydrogens (tertiary/aromatic N) is 1. The number of ether oxygens (including phenoxy) is 2. The Morgan fingerprint density at radius 2 is 2.11 bits per heavy atom. The second-order valence-corrected chi connectivity index (χ2v) is 4.17. The van der Waals surface area contributed by atoms with Crippen molar-refractivity contribution in [3.8, 4) is 0 Å². The Kier molecular flexibility index (Phi) is 2.10. The number of aromatic nitrogens is 2. The summed E-state index contributed by atoms with van der Waals surface area (Å²) in [5.41, 5.74) is -1.43. The molecule has 4 atom stereocenters. The minimum atomic E-state index is -2.11. The van der Waals surface area contributed by atoms with Gasteiger partial charge in [-0.2, -0.15) is 0 Å². The van der Waals surface area contributed by atoms with Crippen LogP contribution in [0.25, 0.3) is 0 Å². The summed E-state index contributed by atoms with van der Waals surface area (Å²) in [7, 11) is 0. The number of aliphatic hydroxyl groups excluding tert-OH is 1. The summed E-state index contributed by atoms with van der Waals surface area (Å²) >= 11 is 0. The Morgan fingerprint density at radius 3 is 2.67 bits per heavy atom. The first-order valence-corrected chi connectivity index (χ1v) is 5.15. The number of fused-ring (bicyclic) bond motifs is 1. The SMILES string of the molecule is O=c1ccn([C@@H]2O[C@H](CO)[C@]3(O)O[C@]23O)c(=O)[nH]1. The fraction of sp³-hybridized carbons (Fsp3) is 0.556. The molecule has 0 spiro atoms. The van der Waals surface area contributed by atoms with Crippen molar-refractivity contribution in [1.29, 1.82) is 0 Å². The summed E-state index contributed by atoms with van der Waals surface area (Å²) in [6.07, 6.45) is -1.42. The van der Waals surface area contributed by atoms with Gasteiger partial charge in [0.25, 0.3) is 17.1 Å². The molecule has 0 amide bonds. The molecule has 98 valence electrons. The van der Waals surface area contributed by atoms with Crippen LogP contribution in [0.5, 0.6) is 0 Å². The quantitative estimate of drug-likeness (QED) is 0.411. The molecule has 3 heterocycles. The topological polar surface area (TPSA) is 137 Å². The monoisotopic (exact) mass is 258 g/mol. The fourth-order valence-electron chi connectivity index (χ4n) is 2.11. The maximum Gasteiger partial charge on any atom is 0.330 e. The smallest absolute Gasteiger partial charge is 0.330 e. The van der Waals surface area contributed by atoms with Crippen molar-refractivity contribution in [1.82, 2.24) is 9.55 Å². The lowest BCUT2D eigenvalue weighted by Crippen LogP contribution is -2.38. The van der Waals surface area contributed by atoms with Gasteiger partial charge in [0, 0.05) is 12.3 Å². The van der Waals surface area contributed by atoms with Crippen LogP contribution in [0.4, 0.5) is 0 Å². The zero-order valence-electron chi connectivity index (χ0n) is 8.94. The van der Waals surface area contributed by atoms with E-state index >= 15 is 0 Å². The summed E-state index contributed by atoms with van der Waals surface area (Å²) in [6, 6.07) is 1.06. The molecule has 0 unspecified atom stereocenters. The first-order valence-electron chi connectivity index (χ1n) is 5.15. The largest absolute Gasteiger partial charge is 0.393 e. The molecule has 1 aromatic rings. The number of rotatable bonds is 2. The first kappa shape index (κ1) is 11.6. The molecule has 9 heteroatoms. The Labute approximate surface area is 98.8 Å². The van der Waals surface area contributed by atoms with Crippen molar-refractivity contribution in [2.45, 2.75) is 23.9 Å². The highest BCUT2D eigenvalue weighted by Crippen LogP contribution is 2.59. The van der Waals surface area contributed by atoms with E-state index in [-0.39, 0.29) is 0 Å². The van der Waals surface area contributed by atoms with E-state index in [4.69, 9.17) is 14.6 Å². The van der Waals surface area contributed by atoms with Crippen LogP contribution in [0.1, 0.15) is 6.23 Å². The molecule has 0 radical (unpaired) electrons. The van der Waals surface area contributed by atoms with Gasteiger partial charge in [-0.1, -0.05) is 0 Å². The van der Waals surface area contributed by atoms with Crippen LogP contribution in [0.2, 0.25) is 0 Å². The van der Waals surface area contributed by atoms with E-state index < -0.39 is 41.8 Å². The minimum Gasteiger partial charge on any atom is -0.393 e. The van der Waals surface area contributed by atoms with E-state index in [0.29, 0.717) is 0 Å². The van der Waals surface area contributed by atoms with Gasteiger partial charge in [0.1, 0.15) is 6.10 Å². The molecular weight excluding hydrogens is 248 g/mol. The molecule has 1 aromatic heterocycles. The van der Waals surface area contributed by atoms with Gasteiger partial charge in [0.05, 0.1) is 6.61 Å². The maximum atomic E-state index is 11.5. The summed E-state index contributed by atoms with van der Waals surface area (Å²) in [6.45, 7) is -0.590. The van der Waals surface area contributed by atoms with Crippen molar-refractivity contribution in [2.75, 3.05) is 6.61 Å². The Balaban J connectivity index is 2.04. The van der Waals surface area contributed by atoms with E-state index in [1.54, 1.807) is 0 Å². The molecule has 0 saturated carbocycles.